The van der Waals surface area contributed by atoms with Crippen LogP contribution in [0, 0.1) is 11.8 Å². The summed E-state index contributed by atoms with van der Waals surface area (Å²) in [6, 6.07) is -0.680. The molecule has 0 aromatic carbocycles. The van der Waals surface area contributed by atoms with E-state index in [9.17, 15) is 14.4 Å². The Bertz CT molecular complexity index is 470. The molecule has 7 heteroatoms. The smallest absolute Gasteiger partial charge is 0.407 e. The van der Waals surface area contributed by atoms with E-state index in [0.717, 1.165) is 0 Å². The molecule has 1 aliphatic rings. The Morgan fingerprint density at radius 2 is 1.83 bits per heavy atom. The number of likely N-dealkylation sites (N-methyl/N-ethyl adjacent to an activating group) is 1. The molecule has 7 nitrogen and oxygen atoms in total. The quantitative estimate of drug-likeness (QED) is 0.795. The van der Waals surface area contributed by atoms with Crippen molar-refractivity contribution in [3.05, 3.63) is 0 Å². The molecule has 1 aliphatic heterocycles. The van der Waals surface area contributed by atoms with Crippen molar-refractivity contribution in [2.45, 2.75) is 52.7 Å². The first-order valence-electron chi connectivity index (χ1n) is 7.91. The average Bonchev–Trinajstić information content (AvgIpc) is 2.84. The Kier molecular flexibility index (Phi) is 6.02. The summed E-state index contributed by atoms with van der Waals surface area (Å²) in [5.74, 6) is -1.15. The van der Waals surface area contributed by atoms with Crippen LogP contribution in [0.1, 0.15) is 41.0 Å². The van der Waals surface area contributed by atoms with Crippen molar-refractivity contribution >= 4 is 18.0 Å². The number of nitrogens with zero attached hydrogens (tertiary/aromatic N) is 2. The molecule has 2 atom stereocenters. The third-order valence-corrected chi connectivity index (χ3v) is 3.85. The molecule has 0 radical (unpaired) electrons. The van der Waals surface area contributed by atoms with Gasteiger partial charge in [-0.3, -0.25) is 4.79 Å². The number of carbonyl (C=O) groups is 3. The summed E-state index contributed by atoms with van der Waals surface area (Å²) in [5.41, 5.74) is -0.623. The van der Waals surface area contributed by atoms with Crippen LogP contribution in [0.2, 0.25) is 0 Å². The van der Waals surface area contributed by atoms with Crippen LogP contribution in [0.3, 0.4) is 0 Å². The summed E-state index contributed by atoms with van der Waals surface area (Å²) >= 11 is 0. The minimum absolute atomic E-state index is 0.101. The molecule has 1 rings (SSSR count). The van der Waals surface area contributed by atoms with E-state index in [-0.39, 0.29) is 18.4 Å². The molecule has 0 aliphatic carbocycles. The summed E-state index contributed by atoms with van der Waals surface area (Å²) in [7, 11) is 1.58. The maximum atomic E-state index is 12.6. The van der Waals surface area contributed by atoms with Gasteiger partial charge in [-0.15, -0.1) is 0 Å². The largest absolute Gasteiger partial charge is 0.465 e. The van der Waals surface area contributed by atoms with E-state index >= 15 is 0 Å². The highest BCUT2D eigenvalue weighted by Gasteiger charge is 2.38. The van der Waals surface area contributed by atoms with Gasteiger partial charge in [-0.05, 0) is 33.1 Å². The van der Waals surface area contributed by atoms with Crippen LogP contribution < -0.4 is 0 Å². The topological polar surface area (TPSA) is 87.2 Å². The first-order valence-corrected chi connectivity index (χ1v) is 7.91. The van der Waals surface area contributed by atoms with Crippen molar-refractivity contribution in [3.63, 3.8) is 0 Å². The van der Waals surface area contributed by atoms with Crippen LogP contribution >= 0.6 is 0 Å². The van der Waals surface area contributed by atoms with Gasteiger partial charge in [0.2, 0.25) is 5.91 Å². The van der Waals surface area contributed by atoms with E-state index in [2.05, 4.69) is 0 Å². The Balaban J connectivity index is 2.82. The van der Waals surface area contributed by atoms with Crippen LogP contribution in [-0.2, 0) is 14.3 Å². The molecule has 0 aromatic heterocycles. The van der Waals surface area contributed by atoms with Crippen LogP contribution in [0.15, 0.2) is 0 Å². The van der Waals surface area contributed by atoms with Gasteiger partial charge in [0.05, 0.1) is 5.92 Å². The predicted molar refractivity (Wildman–Crippen MR) is 84.9 cm³/mol. The zero-order chi connectivity index (χ0) is 17.9. The molecular weight excluding hydrogens is 300 g/mol. The maximum absolute atomic E-state index is 12.6. The van der Waals surface area contributed by atoms with Gasteiger partial charge in [0.25, 0.3) is 0 Å². The monoisotopic (exact) mass is 328 g/mol. The molecule has 2 amide bonds. The molecule has 0 bridgehead atoms. The van der Waals surface area contributed by atoms with E-state index in [4.69, 9.17) is 9.84 Å². The molecule has 1 N–H and O–H groups in total. The van der Waals surface area contributed by atoms with E-state index in [0.29, 0.717) is 13.0 Å². The number of hydrogen-bond donors (Lipinski definition) is 1. The molecule has 0 aromatic rings. The lowest BCUT2D eigenvalue weighted by atomic mass is 9.99. The van der Waals surface area contributed by atoms with Gasteiger partial charge in [-0.1, -0.05) is 13.8 Å². The molecule has 23 heavy (non-hydrogen) atoms. The van der Waals surface area contributed by atoms with Crippen molar-refractivity contribution < 1.29 is 24.2 Å². The molecule has 132 valence electrons. The lowest BCUT2D eigenvalue weighted by molar-refractivity contribution is -0.166. The number of amides is 2. The number of hydrogen-bond acceptors (Lipinski definition) is 4. The summed E-state index contributed by atoms with van der Waals surface area (Å²) < 4.78 is 5.42. The van der Waals surface area contributed by atoms with Crippen LogP contribution in [-0.4, -0.2) is 64.7 Å². The molecule has 1 unspecified atom stereocenters. The fraction of sp³-hybridized carbons (Fsp3) is 0.812. The third kappa shape index (κ3) is 5.11. The SMILES string of the molecule is CC(C)C(C(=O)OC(C)(C)C)N(C)C(=O)[C@H]1CCN(C(=O)O)C1. The normalized spacial score (nSPS) is 19.6. The Labute approximate surface area is 137 Å². The van der Waals surface area contributed by atoms with Gasteiger partial charge < -0.3 is 19.6 Å². The second kappa shape index (κ2) is 7.19. The second-order valence-electron chi connectivity index (χ2n) is 7.39. The number of rotatable bonds is 4. The van der Waals surface area contributed by atoms with Gasteiger partial charge in [0, 0.05) is 20.1 Å². The van der Waals surface area contributed by atoms with E-state index < -0.39 is 29.6 Å². The average molecular weight is 328 g/mol. The van der Waals surface area contributed by atoms with E-state index in [1.165, 1.54) is 9.80 Å². The Morgan fingerprint density at radius 3 is 2.22 bits per heavy atom. The van der Waals surface area contributed by atoms with Gasteiger partial charge in [-0.25, -0.2) is 9.59 Å². The fourth-order valence-electron chi connectivity index (χ4n) is 2.80. The predicted octanol–water partition coefficient (Wildman–Crippen LogP) is 1.81. The molecular formula is C16H28N2O5. The molecule has 1 saturated heterocycles. The first kappa shape index (κ1) is 19.3. The molecule has 0 saturated carbocycles. The van der Waals surface area contributed by atoms with Gasteiger partial charge in [0.15, 0.2) is 0 Å². The van der Waals surface area contributed by atoms with Crippen LogP contribution in [0.5, 0.6) is 0 Å². The van der Waals surface area contributed by atoms with Crippen molar-refractivity contribution in [2.75, 3.05) is 20.1 Å². The highest BCUT2D eigenvalue weighted by Crippen LogP contribution is 2.22. The zero-order valence-electron chi connectivity index (χ0n) is 14.8. The summed E-state index contributed by atoms with van der Waals surface area (Å²) in [4.78, 5) is 38.7. The summed E-state index contributed by atoms with van der Waals surface area (Å²) in [5, 5.41) is 8.99. The minimum Gasteiger partial charge on any atom is -0.465 e. The van der Waals surface area contributed by atoms with Crippen molar-refractivity contribution in [1.29, 1.82) is 0 Å². The number of likely N-dealkylation sites (tertiary alicyclic amines) is 1. The standard InChI is InChI=1S/C16H28N2O5/c1-10(2)12(14(20)23-16(3,4)5)17(6)13(19)11-7-8-18(9-11)15(21)22/h10-12H,7-9H2,1-6H3,(H,21,22)/t11-,12?/m0/s1. The first-order chi connectivity index (χ1) is 10.4. The second-order valence-corrected chi connectivity index (χ2v) is 7.39. The van der Waals surface area contributed by atoms with Crippen LogP contribution in [0.25, 0.3) is 0 Å². The number of ether oxygens (including phenoxy) is 1. The molecule has 1 fully saturated rings. The van der Waals surface area contributed by atoms with Gasteiger partial charge in [-0.2, -0.15) is 0 Å². The highest BCUT2D eigenvalue weighted by molar-refractivity contribution is 5.86. The zero-order valence-corrected chi connectivity index (χ0v) is 14.8. The number of carboxylic acid groups (broad SMARTS) is 1. The van der Waals surface area contributed by atoms with Crippen molar-refractivity contribution in [2.24, 2.45) is 11.8 Å². The molecule has 0 spiro atoms. The van der Waals surface area contributed by atoms with E-state index in [1.54, 1.807) is 27.8 Å². The van der Waals surface area contributed by atoms with E-state index in [1.807, 2.05) is 13.8 Å². The highest BCUT2D eigenvalue weighted by atomic mass is 16.6. The Hall–Kier alpha value is -1.79. The third-order valence-electron chi connectivity index (χ3n) is 3.85. The lowest BCUT2D eigenvalue weighted by Crippen LogP contribution is -2.50. The minimum atomic E-state index is -1.02. The Morgan fingerprint density at radius 1 is 1.26 bits per heavy atom. The van der Waals surface area contributed by atoms with Crippen molar-refractivity contribution in [1.82, 2.24) is 9.80 Å². The molecule has 1 heterocycles. The van der Waals surface area contributed by atoms with Gasteiger partial charge in [0.1, 0.15) is 11.6 Å². The van der Waals surface area contributed by atoms with Crippen molar-refractivity contribution in [3.8, 4) is 0 Å². The maximum Gasteiger partial charge on any atom is 0.407 e. The fourth-order valence-corrected chi connectivity index (χ4v) is 2.80. The summed E-state index contributed by atoms with van der Waals surface area (Å²) in [6.45, 7) is 9.59. The lowest BCUT2D eigenvalue weighted by Gasteiger charge is -2.33. The number of esters is 1. The van der Waals surface area contributed by atoms with Gasteiger partial charge >= 0.3 is 12.1 Å². The summed E-state index contributed by atoms with van der Waals surface area (Å²) in [6.07, 6.45) is -0.537. The van der Waals surface area contributed by atoms with Crippen LogP contribution in [0.4, 0.5) is 4.79 Å². The number of carbonyl (C=O) groups excluding carboxylic acids is 2.